The minimum Gasteiger partial charge on any atom is -0.469 e. The van der Waals surface area contributed by atoms with Crippen molar-refractivity contribution < 1.29 is 9.21 Å². The van der Waals surface area contributed by atoms with Crippen LogP contribution in [-0.2, 0) is 19.3 Å². The predicted molar refractivity (Wildman–Crippen MR) is 88.1 cm³/mol. The van der Waals surface area contributed by atoms with Gasteiger partial charge in [-0.2, -0.15) is 0 Å². The van der Waals surface area contributed by atoms with E-state index in [1.807, 2.05) is 18.7 Å². The molecular weight excluding hydrogens is 306 g/mol. The number of carbonyl (C=O) groups excluding carboxylic acids is 1. The smallest absolute Gasteiger partial charge is 0.257 e. The van der Waals surface area contributed by atoms with Crippen LogP contribution in [0.15, 0.2) is 21.5 Å². The third-order valence-corrected chi connectivity index (χ3v) is 5.30. The minimum atomic E-state index is -0.0451. The second kappa shape index (κ2) is 5.61. The summed E-state index contributed by atoms with van der Waals surface area (Å²) in [6, 6.07) is 1.90. The van der Waals surface area contributed by atoms with Crippen molar-refractivity contribution in [3.05, 3.63) is 51.1 Å². The van der Waals surface area contributed by atoms with E-state index < -0.39 is 0 Å². The highest BCUT2D eigenvalue weighted by Crippen LogP contribution is 2.34. The van der Waals surface area contributed by atoms with Crippen molar-refractivity contribution in [2.45, 2.75) is 58.0 Å². The van der Waals surface area contributed by atoms with Crippen LogP contribution >= 0.6 is 0 Å². The number of hydrogen-bond acceptors (Lipinski definition) is 4. The average molecular weight is 327 g/mol. The zero-order valence-electron chi connectivity index (χ0n) is 14.0. The van der Waals surface area contributed by atoms with Gasteiger partial charge in [0, 0.05) is 36.9 Å². The molecule has 1 fully saturated rings. The van der Waals surface area contributed by atoms with Crippen LogP contribution in [-0.4, -0.2) is 32.9 Å². The van der Waals surface area contributed by atoms with Crippen molar-refractivity contribution in [3.63, 3.8) is 0 Å². The fourth-order valence-corrected chi connectivity index (χ4v) is 4.04. The summed E-state index contributed by atoms with van der Waals surface area (Å²) in [6.07, 6.45) is 5.39. The van der Waals surface area contributed by atoms with Gasteiger partial charge < -0.3 is 14.3 Å². The molecule has 2 bridgehead atoms. The lowest BCUT2D eigenvalue weighted by molar-refractivity contribution is 0.0671. The van der Waals surface area contributed by atoms with Gasteiger partial charge in [-0.05, 0) is 25.8 Å². The Morgan fingerprint density at radius 1 is 1.38 bits per heavy atom. The summed E-state index contributed by atoms with van der Waals surface area (Å²) in [5, 5.41) is 0. The van der Waals surface area contributed by atoms with Gasteiger partial charge in [-0.1, -0.05) is 6.92 Å². The molecule has 24 heavy (non-hydrogen) atoms. The van der Waals surface area contributed by atoms with Gasteiger partial charge in [0.05, 0.1) is 17.5 Å². The second-order valence-electron chi connectivity index (χ2n) is 6.69. The average Bonchev–Trinajstić information content (AvgIpc) is 3.10. The third-order valence-electron chi connectivity index (χ3n) is 5.30. The summed E-state index contributed by atoms with van der Waals surface area (Å²) in [6.45, 7) is 3.78. The summed E-state index contributed by atoms with van der Waals surface area (Å²) in [5.74, 6) is 1.37. The SMILES string of the molecule is CCc1nc2c(c(=O)[nH]1)C[C@H]1CC[C@@H](C2)N1C(=O)c1ccoc1C. The van der Waals surface area contributed by atoms with E-state index in [0.29, 0.717) is 30.6 Å². The molecule has 2 aliphatic rings. The first-order valence-corrected chi connectivity index (χ1v) is 8.56. The predicted octanol–water partition coefficient (Wildman–Crippen LogP) is 2.01. The summed E-state index contributed by atoms with van der Waals surface area (Å²) >= 11 is 0. The van der Waals surface area contributed by atoms with Crippen molar-refractivity contribution in [1.82, 2.24) is 14.9 Å². The molecule has 6 heteroatoms. The van der Waals surface area contributed by atoms with Crippen LogP contribution in [0.4, 0.5) is 0 Å². The molecule has 0 saturated carbocycles. The number of rotatable bonds is 2. The molecule has 0 spiro atoms. The molecule has 1 amide bonds. The Morgan fingerprint density at radius 2 is 2.12 bits per heavy atom. The maximum Gasteiger partial charge on any atom is 0.257 e. The van der Waals surface area contributed by atoms with Gasteiger partial charge in [0.1, 0.15) is 11.6 Å². The lowest BCUT2D eigenvalue weighted by Gasteiger charge is -2.27. The van der Waals surface area contributed by atoms with E-state index >= 15 is 0 Å². The van der Waals surface area contributed by atoms with E-state index in [-0.39, 0.29) is 23.6 Å². The molecule has 0 aliphatic carbocycles. The fourth-order valence-electron chi connectivity index (χ4n) is 4.04. The summed E-state index contributed by atoms with van der Waals surface area (Å²) in [7, 11) is 0. The molecular formula is C18H21N3O3. The van der Waals surface area contributed by atoms with Gasteiger partial charge >= 0.3 is 0 Å². The van der Waals surface area contributed by atoms with E-state index in [1.165, 1.54) is 0 Å². The number of H-pyrrole nitrogens is 1. The van der Waals surface area contributed by atoms with Crippen molar-refractivity contribution in [2.24, 2.45) is 0 Å². The number of aromatic amines is 1. The van der Waals surface area contributed by atoms with Gasteiger partial charge in [0.25, 0.3) is 11.5 Å². The number of fused-ring (bicyclic) bond motifs is 3. The fraction of sp³-hybridized carbons (Fsp3) is 0.500. The number of nitrogens with one attached hydrogen (secondary N) is 1. The van der Waals surface area contributed by atoms with Crippen LogP contribution < -0.4 is 5.56 Å². The number of hydrogen-bond donors (Lipinski definition) is 1. The van der Waals surface area contributed by atoms with E-state index in [2.05, 4.69) is 9.97 Å². The maximum atomic E-state index is 13.0. The monoisotopic (exact) mass is 327 g/mol. The summed E-state index contributed by atoms with van der Waals surface area (Å²) in [5.41, 5.74) is 2.19. The Balaban J connectivity index is 1.72. The Kier molecular flexibility index (Phi) is 3.55. The molecule has 6 nitrogen and oxygen atoms in total. The normalized spacial score (nSPS) is 22.3. The summed E-state index contributed by atoms with van der Waals surface area (Å²) < 4.78 is 5.29. The van der Waals surface area contributed by atoms with Gasteiger partial charge in [-0.15, -0.1) is 0 Å². The van der Waals surface area contributed by atoms with E-state index in [1.54, 1.807) is 12.3 Å². The van der Waals surface area contributed by atoms with Crippen molar-refractivity contribution >= 4 is 5.91 Å². The van der Waals surface area contributed by atoms with E-state index in [0.717, 1.165) is 29.9 Å². The highest BCUT2D eigenvalue weighted by atomic mass is 16.3. The highest BCUT2D eigenvalue weighted by molar-refractivity contribution is 5.95. The summed E-state index contributed by atoms with van der Waals surface area (Å²) in [4.78, 5) is 34.9. The second-order valence-corrected chi connectivity index (χ2v) is 6.69. The first-order chi connectivity index (χ1) is 11.6. The Labute approximate surface area is 139 Å². The van der Waals surface area contributed by atoms with Crippen LogP contribution in [0.1, 0.15) is 53.0 Å². The zero-order chi connectivity index (χ0) is 16.8. The molecule has 2 aromatic heterocycles. The highest BCUT2D eigenvalue weighted by Gasteiger charge is 2.41. The molecule has 0 unspecified atom stereocenters. The number of nitrogens with zero attached hydrogens (tertiary/aromatic N) is 2. The van der Waals surface area contributed by atoms with Crippen LogP contribution in [0.5, 0.6) is 0 Å². The molecule has 4 heterocycles. The van der Waals surface area contributed by atoms with Crippen LogP contribution in [0.3, 0.4) is 0 Å². The van der Waals surface area contributed by atoms with Crippen molar-refractivity contribution in [1.29, 1.82) is 0 Å². The lowest BCUT2D eigenvalue weighted by Crippen LogP contribution is -2.41. The standard InChI is InChI=1S/C18H21N3O3/c1-3-16-19-15-9-12-5-4-11(8-14(15)17(22)20-16)21(12)18(23)13-6-7-24-10(13)2/h6-7,11-12H,3-5,8-9H2,1-2H3,(H,19,20,22)/t11-,12+/m1/s1. The van der Waals surface area contributed by atoms with Gasteiger partial charge in [-0.3, -0.25) is 9.59 Å². The number of aromatic nitrogens is 2. The van der Waals surface area contributed by atoms with Crippen molar-refractivity contribution in [2.75, 3.05) is 0 Å². The molecule has 2 aliphatic heterocycles. The number of carbonyl (C=O) groups is 1. The molecule has 2 atom stereocenters. The molecule has 2 aromatic rings. The Bertz CT molecular complexity index is 851. The first-order valence-electron chi connectivity index (χ1n) is 8.56. The quantitative estimate of drug-likeness (QED) is 0.915. The first kappa shape index (κ1) is 15.2. The molecule has 126 valence electrons. The van der Waals surface area contributed by atoms with Crippen LogP contribution in [0, 0.1) is 6.92 Å². The number of amides is 1. The van der Waals surface area contributed by atoms with E-state index in [9.17, 15) is 9.59 Å². The lowest BCUT2D eigenvalue weighted by atomic mass is 9.98. The largest absolute Gasteiger partial charge is 0.469 e. The minimum absolute atomic E-state index is 0.00806. The molecule has 0 radical (unpaired) electrons. The topological polar surface area (TPSA) is 79.2 Å². The van der Waals surface area contributed by atoms with Gasteiger partial charge in [0.15, 0.2) is 0 Å². The zero-order valence-corrected chi connectivity index (χ0v) is 14.0. The van der Waals surface area contributed by atoms with Crippen molar-refractivity contribution in [3.8, 4) is 0 Å². The Morgan fingerprint density at radius 3 is 2.79 bits per heavy atom. The molecule has 4 rings (SSSR count). The van der Waals surface area contributed by atoms with Gasteiger partial charge in [0.2, 0.25) is 0 Å². The number of aryl methyl sites for hydroxylation is 2. The molecule has 0 aromatic carbocycles. The van der Waals surface area contributed by atoms with Gasteiger partial charge in [-0.25, -0.2) is 4.98 Å². The Hall–Kier alpha value is -2.37. The third kappa shape index (κ3) is 2.28. The molecule has 1 saturated heterocycles. The maximum absolute atomic E-state index is 13.0. The molecule has 1 N–H and O–H groups in total. The number of furan rings is 1. The van der Waals surface area contributed by atoms with Crippen LogP contribution in [0.25, 0.3) is 0 Å². The van der Waals surface area contributed by atoms with Crippen LogP contribution in [0.2, 0.25) is 0 Å². The van der Waals surface area contributed by atoms with E-state index in [4.69, 9.17) is 4.42 Å².